The summed E-state index contributed by atoms with van der Waals surface area (Å²) in [6.45, 7) is 2.16. The van der Waals surface area contributed by atoms with Crippen molar-refractivity contribution in [2.45, 2.75) is 19.4 Å². The van der Waals surface area contributed by atoms with E-state index in [2.05, 4.69) is 15.7 Å². The first-order chi connectivity index (χ1) is 10.5. The number of hydrogen-bond acceptors (Lipinski definition) is 2. The van der Waals surface area contributed by atoms with E-state index in [4.69, 9.17) is 0 Å². The highest BCUT2D eigenvalue weighted by Gasteiger charge is 2.11. The Bertz CT molecular complexity index is 657. The van der Waals surface area contributed by atoms with Gasteiger partial charge in [-0.15, -0.1) is 0 Å². The third kappa shape index (κ3) is 4.03. The fraction of sp³-hybridized carbons (Fsp3) is 0.333. The normalized spacial score (nSPS) is 12.0. The van der Waals surface area contributed by atoms with E-state index in [9.17, 15) is 13.6 Å². The van der Waals surface area contributed by atoms with Crippen molar-refractivity contribution in [3.63, 3.8) is 0 Å². The number of nitrogens with one attached hydrogen (secondary N) is 2. The smallest absolute Gasteiger partial charge is 0.315 e. The van der Waals surface area contributed by atoms with Crippen LogP contribution in [-0.2, 0) is 13.5 Å². The van der Waals surface area contributed by atoms with Crippen LogP contribution in [0.5, 0.6) is 0 Å². The van der Waals surface area contributed by atoms with Crippen molar-refractivity contribution in [3.05, 3.63) is 53.4 Å². The summed E-state index contributed by atoms with van der Waals surface area (Å²) in [4.78, 5) is 11.8. The van der Waals surface area contributed by atoms with Gasteiger partial charge in [-0.1, -0.05) is 6.07 Å². The van der Waals surface area contributed by atoms with Crippen molar-refractivity contribution < 1.29 is 13.6 Å². The summed E-state index contributed by atoms with van der Waals surface area (Å²) in [5, 5.41) is 9.43. The van der Waals surface area contributed by atoms with Crippen molar-refractivity contribution in [3.8, 4) is 0 Å². The SMILES string of the molecule is C[C@@H](NC(=O)NCCc1ccnn1C)c1ccc(F)c(F)c1. The molecule has 0 saturated heterocycles. The van der Waals surface area contributed by atoms with Gasteiger partial charge in [-0.05, 0) is 30.7 Å². The molecule has 118 valence electrons. The molecule has 0 saturated carbocycles. The molecular weight excluding hydrogens is 290 g/mol. The Morgan fingerprint density at radius 3 is 2.73 bits per heavy atom. The molecule has 2 amide bonds. The summed E-state index contributed by atoms with van der Waals surface area (Å²) in [5.41, 5.74) is 1.51. The van der Waals surface area contributed by atoms with Crippen LogP contribution in [-0.4, -0.2) is 22.4 Å². The van der Waals surface area contributed by atoms with Crippen LogP contribution in [0, 0.1) is 11.6 Å². The largest absolute Gasteiger partial charge is 0.338 e. The quantitative estimate of drug-likeness (QED) is 0.890. The van der Waals surface area contributed by atoms with Gasteiger partial charge in [0.2, 0.25) is 0 Å². The highest BCUT2D eigenvalue weighted by atomic mass is 19.2. The third-order valence-corrected chi connectivity index (χ3v) is 3.38. The molecule has 1 aromatic carbocycles. The van der Waals surface area contributed by atoms with Crippen LogP contribution < -0.4 is 10.6 Å². The van der Waals surface area contributed by atoms with E-state index in [0.29, 0.717) is 18.5 Å². The number of benzene rings is 1. The van der Waals surface area contributed by atoms with Crippen molar-refractivity contribution in [1.82, 2.24) is 20.4 Å². The van der Waals surface area contributed by atoms with Crippen LogP contribution in [0.4, 0.5) is 13.6 Å². The van der Waals surface area contributed by atoms with Crippen molar-refractivity contribution in [1.29, 1.82) is 0 Å². The van der Waals surface area contributed by atoms with E-state index >= 15 is 0 Å². The molecule has 2 aromatic rings. The minimum absolute atomic E-state index is 0.362. The molecule has 0 bridgehead atoms. The molecule has 0 fully saturated rings. The van der Waals surface area contributed by atoms with E-state index in [-0.39, 0.29) is 6.03 Å². The molecule has 7 heteroatoms. The number of aryl methyl sites for hydroxylation is 1. The van der Waals surface area contributed by atoms with Crippen LogP contribution in [0.15, 0.2) is 30.5 Å². The lowest BCUT2D eigenvalue weighted by Crippen LogP contribution is -2.38. The fourth-order valence-corrected chi connectivity index (χ4v) is 2.06. The van der Waals surface area contributed by atoms with Crippen LogP contribution in [0.1, 0.15) is 24.2 Å². The van der Waals surface area contributed by atoms with E-state index in [1.807, 2.05) is 13.1 Å². The maximum absolute atomic E-state index is 13.2. The lowest BCUT2D eigenvalue weighted by molar-refractivity contribution is 0.238. The summed E-state index contributed by atoms with van der Waals surface area (Å²) >= 11 is 0. The number of aromatic nitrogens is 2. The number of carbonyl (C=O) groups excluding carboxylic acids is 1. The molecule has 1 aromatic heterocycles. The highest BCUT2D eigenvalue weighted by Crippen LogP contribution is 2.15. The van der Waals surface area contributed by atoms with Crippen LogP contribution in [0.25, 0.3) is 0 Å². The monoisotopic (exact) mass is 308 g/mol. The van der Waals surface area contributed by atoms with Gasteiger partial charge >= 0.3 is 6.03 Å². The number of nitrogens with zero attached hydrogens (tertiary/aromatic N) is 2. The number of carbonyl (C=O) groups is 1. The van der Waals surface area contributed by atoms with Crippen LogP contribution in [0.2, 0.25) is 0 Å². The number of amides is 2. The van der Waals surface area contributed by atoms with Gasteiger partial charge in [0.1, 0.15) is 0 Å². The molecule has 0 aliphatic heterocycles. The summed E-state index contributed by atoms with van der Waals surface area (Å²) in [6, 6.07) is 4.66. The van der Waals surface area contributed by atoms with Gasteiger partial charge < -0.3 is 10.6 Å². The molecule has 0 aliphatic rings. The average molecular weight is 308 g/mol. The third-order valence-electron chi connectivity index (χ3n) is 3.38. The van der Waals surface area contributed by atoms with E-state index < -0.39 is 17.7 Å². The maximum Gasteiger partial charge on any atom is 0.315 e. The summed E-state index contributed by atoms with van der Waals surface area (Å²) < 4.78 is 27.8. The second kappa shape index (κ2) is 7.02. The second-order valence-electron chi connectivity index (χ2n) is 4.99. The second-order valence-corrected chi connectivity index (χ2v) is 4.99. The molecule has 2 N–H and O–H groups in total. The Morgan fingerprint density at radius 1 is 1.32 bits per heavy atom. The zero-order chi connectivity index (χ0) is 16.1. The molecule has 1 heterocycles. The van der Waals surface area contributed by atoms with Crippen molar-refractivity contribution in [2.75, 3.05) is 6.54 Å². The maximum atomic E-state index is 13.2. The molecule has 0 unspecified atom stereocenters. The highest BCUT2D eigenvalue weighted by molar-refractivity contribution is 5.74. The van der Waals surface area contributed by atoms with Gasteiger partial charge in [0.15, 0.2) is 11.6 Å². The van der Waals surface area contributed by atoms with E-state index in [0.717, 1.165) is 17.8 Å². The van der Waals surface area contributed by atoms with Gasteiger partial charge in [-0.2, -0.15) is 5.10 Å². The van der Waals surface area contributed by atoms with Gasteiger partial charge in [0, 0.05) is 31.9 Å². The summed E-state index contributed by atoms with van der Waals surface area (Å²) in [5.74, 6) is -1.83. The molecular formula is C15H18F2N4O. The molecule has 0 spiro atoms. The number of halogens is 2. The predicted molar refractivity (Wildman–Crippen MR) is 78.2 cm³/mol. The number of rotatable bonds is 5. The van der Waals surface area contributed by atoms with Crippen molar-refractivity contribution >= 4 is 6.03 Å². The van der Waals surface area contributed by atoms with E-state index in [1.54, 1.807) is 17.8 Å². The summed E-state index contributed by atoms with van der Waals surface area (Å²) in [6.07, 6.45) is 2.35. The predicted octanol–water partition coefficient (Wildman–Crippen LogP) is 2.30. The first-order valence-electron chi connectivity index (χ1n) is 6.93. The molecule has 0 radical (unpaired) electrons. The molecule has 22 heavy (non-hydrogen) atoms. The molecule has 1 atom stereocenters. The number of hydrogen-bond donors (Lipinski definition) is 2. The Balaban J connectivity index is 1.81. The Labute approximate surface area is 127 Å². The molecule has 5 nitrogen and oxygen atoms in total. The van der Waals surface area contributed by atoms with Crippen LogP contribution in [0.3, 0.4) is 0 Å². The average Bonchev–Trinajstić information content (AvgIpc) is 2.87. The van der Waals surface area contributed by atoms with Gasteiger partial charge in [-0.3, -0.25) is 4.68 Å². The first kappa shape index (κ1) is 15.9. The fourth-order valence-electron chi connectivity index (χ4n) is 2.06. The zero-order valence-electron chi connectivity index (χ0n) is 12.4. The van der Waals surface area contributed by atoms with Gasteiger partial charge in [0.25, 0.3) is 0 Å². The van der Waals surface area contributed by atoms with Gasteiger partial charge in [0.05, 0.1) is 6.04 Å². The van der Waals surface area contributed by atoms with Crippen LogP contribution >= 0.6 is 0 Å². The van der Waals surface area contributed by atoms with E-state index in [1.165, 1.54) is 6.07 Å². The lowest BCUT2D eigenvalue weighted by Gasteiger charge is -2.15. The Hall–Kier alpha value is -2.44. The van der Waals surface area contributed by atoms with Gasteiger partial charge in [-0.25, -0.2) is 13.6 Å². The lowest BCUT2D eigenvalue weighted by atomic mass is 10.1. The Morgan fingerprint density at radius 2 is 2.09 bits per heavy atom. The minimum Gasteiger partial charge on any atom is -0.338 e. The Kier molecular flexibility index (Phi) is 5.08. The summed E-state index contributed by atoms with van der Waals surface area (Å²) in [7, 11) is 1.83. The minimum atomic E-state index is -0.928. The molecule has 2 rings (SSSR count). The molecule has 0 aliphatic carbocycles. The van der Waals surface area contributed by atoms with Crippen molar-refractivity contribution in [2.24, 2.45) is 7.05 Å². The standard InChI is InChI=1S/C15H18F2N4O/c1-10(11-3-4-13(16)14(17)9-11)20-15(22)18-7-5-12-6-8-19-21(12)2/h3-4,6,8-10H,5,7H2,1-2H3,(H2,18,20,22)/t10-/m1/s1. The first-order valence-corrected chi connectivity index (χ1v) is 6.93. The topological polar surface area (TPSA) is 59.0 Å². The zero-order valence-corrected chi connectivity index (χ0v) is 12.4. The number of urea groups is 1.